The zero-order valence-corrected chi connectivity index (χ0v) is 23.8. The number of methoxy groups -OCH3 is 1. The normalized spacial score (nSPS) is 15.3. The summed E-state index contributed by atoms with van der Waals surface area (Å²) >= 11 is 0. The van der Waals surface area contributed by atoms with E-state index >= 15 is 0 Å². The molecule has 1 aliphatic rings. The van der Waals surface area contributed by atoms with E-state index in [1.165, 1.54) is 17.9 Å². The molecular weight excluding hydrogens is 539 g/mol. The summed E-state index contributed by atoms with van der Waals surface area (Å²) in [6, 6.07) is 13.7. The third-order valence-electron chi connectivity index (χ3n) is 7.79. The van der Waals surface area contributed by atoms with Crippen molar-refractivity contribution >= 4 is 33.7 Å². The highest BCUT2D eigenvalue weighted by molar-refractivity contribution is 6.07. The highest BCUT2D eigenvalue weighted by atomic mass is 19.1. The molecule has 216 valence electrons. The Kier molecular flexibility index (Phi) is 6.70. The second-order valence-corrected chi connectivity index (χ2v) is 11.6. The molecule has 0 amide bonds. The van der Waals surface area contributed by atoms with Gasteiger partial charge in [0.15, 0.2) is 0 Å². The number of benzene rings is 2. The van der Waals surface area contributed by atoms with E-state index < -0.39 is 22.8 Å². The van der Waals surface area contributed by atoms with Crippen molar-refractivity contribution in [2.45, 2.75) is 39.2 Å². The molecular formula is C32H31FN4O5. The first-order valence-electron chi connectivity index (χ1n) is 13.7. The van der Waals surface area contributed by atoms with Crippen LogP contribution in [0.5, 0.6) is 0 Å². The first kappa shape index (κ1) is 27.7. The van der Waals surface area contributed by atoms with Crippen LogP contribution < -0.4 is 0 Å². The number of aliphatic hydroxyl groups is 1. The van der Waals surface area contributed by atoms with Crippen molar-refractivity contribution in [3.63, 3.8) is 0 Å². The minimum Gasteiger partial charge on any atom is -0.465 e. The first-order valence-corrected chi connectivity index (χ1v) is 13.7. The Labute approximate surface area is 241 Å². The number of hydrogen-bond acceptors (Lipinski definition) is 7. The number of aromatic nitrogens is 4. The summed E-state index contributed by atoms with van der Waals surface area (Å²) in [6.07, 6.45) is 3.44. The van der Waals surface area contributed by atoms with Gasteiger partial charge in [0.05, 0.1) is 41.8 Å². The highest BCUT2D eigenvalue weighted by Crippen LogP contribution is 2.46. The molecule has 42 heavy (non-hydrogen) atoms. The number of nitrogens with zero attached hydrogens (tertiary/aromatic N) is 4. The molecule has 4 heterocycles. The molecule has 0 spiro atoms. The summed E-state index contributed by atoms with van der Waals surface area (Å²) in [7, 11) is 1.33. The van der Waals surface area contributed by atoms with E-state index in [0.29, 0.717) is 59.7 Å². The summed E-state index contributed by atoms with van der Waals surface area (Å²) in [4.78, 5) is 29.9. The summed E-state index contributed by atoms with van der Waals surface area (Å²) in [5, 5.41) is 18.1. The van der Waals surface area contributed by atoms with Crippen molar-refractivity contribution in [1.82, 2.24) is 19.3 Å². The van der Waals surface area contributed by atoms with E-state index in [-0.39, 0.29) is 5.91 Å². The van der Waals surface area contributed by atoms with Crippen LogP contribution in [0.2, 0.25) is 0 Å². The molecule has 0 bridgehead atoms. The van der Waals surface area contributed by atoms with Crippen molar-refractivity contribution in [1.29, 1.82) is 0 Å². The lowest BCUT2D eigenvalue weighted by molar-refractivity contribution is -0.0709. The lowest BCUT2D eigenvalue weighted by Gasteiger charge is -2.34. The second kappa shape index (κ2) is 10.1. The average molecular weight is 571 g/mol. The SMILES string of the molecule is COC(=O)c1ccc(-c2c(C3(O)CCOCC3)n(-c3ccc(F)cn3)c3cc4cnn(C(=O)C(C)(C)C)c4cc23)cc1. The quantitative estimate of drug-likeness (QED) is 0.278. The van der Waals surface area contributed by atoms with E-state index in [9.17, 15) is 19.1 Å². The molecule has 0 atom stereocenters. The molecule has 0 aliphatic carbocycles. The van der Waals surface area contributed by atoms with Gasteiger partial charge in [-0.15, -0.1) is 0 Å². The fourth-order valence-corrected chi connectivity index (χ4v) is 5.59. The predicted molar refractivity (Wildman–Crippen MR) is 155 cm³/mol. The van der Waals surface area contributed by atoms with Gasteiger partial charge in [-0.3, -0.25) is 9.36 Å². The molecule has 1 saturated heterocycles. The van der Waals surface area contributed by atoms with Gasteiger partial charge in [0.25, 0.3) is 5.91 Å². The Balaban J connectivity index is 1.74. The number of carbonyl (C=O) groups is 2. The zero-order valence-electron chi connectivity index (χ0n) is 23.8. The van der Waals surface area contributed by atoms with E-state index in [1.54, 1.807) is 36.5 Å². The summed E-state index contributed by atoms with van der Waals surface area (Å²) in [6.45, 7) is 6.22. The Morgan fingerprint density at radius 1 is 1.02 bits per heavy atom. The zero-order chi connectivity index (χ0) is 29.8. The van der Waals surface area contributed by atoms with Gasteiger partial charge in [-0.1, -0.05) is 32.9 Å². The van der Waals surface area contributed by atoms with Crippen molar-refractivity contribution in [3.05, 3.63) is 78.0 Å². The molecule has 1 aliphatic heterocycles. The van der Waals surface area contributed by atoms with Gasteiger partial charge >= 0.3 is 5.97 Å². The van der Waals surface area contributed by atoms with Gasteiger partial charge in [-0.25, -0.2) is 14.2 Å². The fourth-order valence-electron chi connectivity index (χ4n) is 5.59. The Morgan fingerprint density at radius 3 is 2.36 bits per heavy atom. The van der Waals surface area contributed by atoms with Gasteiger partial charge < -0.3 is 14.6 Å². The van der Waals surface area contributed by atoms with Crippen LogP contribution >= 0.6 is 0 Å². The van der Waals surface area contributed by atoms with E-state index in [4.69, 9.17) is 9.47 Å². The number of carbonyl (C=O) groups excluding carboxylic acids is 2. The summed E-state index contributed by atoms with van der Waals surface area (Å²) in [5.74, 6) is -0.686. The van der Waals surface area contributed by atoms with Gasteiger partial charge in [0.2, 0.25) is 0 Å². The lowest BCUT2D eigenvalue weighted by Crippen LogP contribution is -2.36. The van der Waals surface area contributed by atoms with Crippen molar-refractivity contribution < 1.29 is 28.6 Å². The number of fused-ring (bicyclic) bond motifs is 2. The predicted octanol–water partition coefficient (Wildman–Crippen LogP) is 5.65. The largest absolute Gasteiger partial charge is 0.465 e. The number of pyridine rings is 1. The standard InChI is InChI=1S/C32H31FN4O5/c1-31(2,3)30(39)37-24-16-23-25(15-21(24)17-35-37)36(26-10-9-22(33)18-34-26)28(32(40)11-13-42-14-12-32)27(23)19-5-7-20(8-6-19)29(38)41-4/h5-10,15-18,40H,11-14H2,1-4H3. The first-order chi connectivity index (χ1) is 20.0. The summed E-state index contributed by atoms with van der Waals surface area (Å²) in [5.41, 5.74) is 1.71. The Bertz CT molecular complexity index is 1830. The topological polar surface area (TPSA) is 108 Å². The van der Waals surface area contributed by atoms with Gasteiger partial charge in [0.1, 0.15) is 17.2 Å². The number of ether oxygens (including phenoxy) is 2. The van der Waals surface area contributed by atoms with Crippen LogP contribution in [0.15, 0.2) is 60.9 Å². The maximum atomic E-state index is 14.0. The van der Waals surface area contributed by atoms with E-state index in [1.807, 2.05) is 37.5 Å². The molecule has 9 nitrogen and oxygen atoms in total. The third-order valence-corrected chi connectivity index (χ3v) is 7.79. The average Bonchev–Trinajstić information content (AvgIpc) is 3.54. The van der Waals surface area contributed by atoms with Crippen molar-refractivity contribution in [2.24, 2.45) is 5.41 Å². The minimum atomic E-state index is -1.32. The molecule has 10 heteroatoms. The van der Waals surface area contributed by atoms with Crippen LogP contribution in [0, 0.1) is 11.2 Å². The summed E-state index contributed by atoms with van der Waals surface area (Å²) < 4.78 is 27.8. The van der Waals surface area contributed by atoms with E-state index in [0.717, 1.165) is 22.5 Å². The van der Waals surface area contributed by atoms with Crippen LogP contribution in [0.25, 0.3) is 38.8 Å². The molecule has 2 aromatic carbocycles. The van der Waals surface area contributed by atoms with Gasteiger partial charge in [0, 0.05) is 47.8 Å². The maximum Gasteiger partial charge on any atom is 0.337 e. The smallest absolute Gasteiger partial charge is 0.337 e. The van der Waals surface area contributed by atoms with Crippen LogP contribution in [-0.2, 0) is 15.1 Å². The van der Waals surface area contributed by atoms with Gasteiger partial charge in [-0.2, -0.15) is 9.78 Å². The molecule has 6 rings (SSSR count). The van der Waals surface area contributed by atoms with Crippen LogP contribution in [-0.4, -0.2) is 56.6 Å². The molecule has 0 radical (unpaired) electrons. The number of rotatable bonds is 4. The molecule has 1 N–H and O–H groups in total. The van der Waals surface area contributed by atoms with Crippen molar-refractivity contribution in [2.75, 3.05) is 20.3 Å². The second-order valence-electron chi connectivity index (χ2n) is 11.6. The maximum absolute atomic E-state index is 14.0. The Hall–Kier alpha value is -4.41. The van der Waals surface area contributed by atoms with Gasteiger partial charge in [-0.05, 0) is 42.0 Å². The molecule has 0 unspecified atom stereocenters. The van der Waals surface area contributed by atoms with Crippen molar-refractivity contribution in [3.8, 4) is 16.9 Å². The molecule has 1 fully saturated rings. The van der Waals surface area contributed by atoms with Crippen LogP contribution in [0.4, 0.5) is 4.39 Å². The van der Waals surface area contributed by atoms with Crippen LogP contribution in [0.1, 0.15) is 54.5 Å². The van der Waals surface area contributed by atoms with Crippen LogP contribution in [0.3, 0.4) is 0 Å². The molecule has 0 saturated carbocycles. The minimum absolute atomic E-state index is 0.163. The fraction of sp³-hybridized carbons (Fsp3) is 0.312. The molecule has 3 aromatic heterocycles. The third kappa shape index (κ3) is 4.56. The molecule has 5 aromatic rings. The number of esters is 1. The highest BCUT2D eigenvalue weighted by Gasteiger charge is 2.40. The Morgan fingerprint density at radius 2 is 1.74 bits per heavy atom. The number of hydrogen-bond donors (Lipinski definition) is 1. The lowest BCUT2D eigenvalue weighted by atomic mass is 9.85. The monoisotopic (exact) mass is 570 g/mol. The number of halogens is 1. The van der Waals surface area contributed by atoms with E-state index in [2.05, 4.69) is 10.1 Å².